The minimum absolute atomic E-state index is 0.0125. The third kappa shape index (κ3) is 3.32. The highest BCUT2D eigenvalue weighted by Gasteiger charge is 2.12. The molecule has 0 aliphatic carbocycles. The van der Waals surface area contributed by atoms with Crippen molar-refractivity contribution >= 4 is 11.0 Å². The van der Waals surface area contributed by atoms with E-state index in [0.717, 1.165) is 10.9 Å². The van der Waals surface area contributed by atoms with E-state index < -0.39 is 5.63 Å². The average Bonchev–Trinajstić information content (AvgIpc) is 3.11. The quantitative estimate of drug-likeness (QED) is 0.418. The minimum Gasteiger partial charge on any atom is -0.504 e. The molecule has 27 heavy (non-hydrogen) atoms. The van der Waals surface area contributed by atoms with E-state index in [4.69, 9.17) is 13.6 Å². The molecule has 2 N–H and O–H groups in total. The maximum absolute atomic E-state index is 11.5. The Morgan fingerprint density at radius 1 is 1.00 bits per heavy atom. The zero-order valence-corrected chi connectivity index (χ0v) is 14.2. The number of benzene rings is 2. The predicted octanol–water partition coefficient (Wildman–Crippen LogP) is 3.14. The van der Waals surface area contributed by atoms with Crippen LogP contribution in [0.15, 0.2) is 56.1 Å². The standard InChI is InChI=1S/C19H14N2O6/c1-10-6-18(24)26-16-8-12(3-4-13(10)16)25-9-17-20-21-19(27-17)11-2-5-14(22)15(23)7-11/h2-8,22-23H,9H2,1H3. The fraction of sp³-hybridized carbons (Fsp3) is 0.105. The Bertz CT molecular complexity index is 1190. The summed E-state index contributed by atoms with van der Waals surface area (Å²) < 4.78 is 16.3. The summed E-state index contributed by atoms with van der Waals surface area (Å²) in [4.78, 5) is 11.5. The molecule has 2 aromatic heterocycles. The molecular weight excluding hydrogens is 352 g/mol. The molecule has 0 bridgehead atoms. The van der Waals surface area contributed by atoms with E-state index in [0.29, 0.717) is 16.9 Å². The molecule has 0 unspecified atom stereocenters. The molecule has 4 rings (SSSR count). The fourth-order valence-electron chi connectivity index (χ4n) is 2.63. The summed E-state index contributed by atoms with van der Waals surface area (Å²) in [6, 6.07) is 10.8. The van der Waals surface area contributed by atoms with Gasteiger partial charge in [0.15, 0.2) is 18.1 Å². The maximum atomic E-state index is 11.5. The van der Waals surface area contributed by atoms with Gasteiger partial charge in [-0.25, -0.2) is 4.79 Å². The Labute approximate surface area is 152 Å². The third-order valence-corrected chi connectivity index (χ3v) is 3.97. The molecule has 8 heteroatoms. The number of hydrogen-bond acceptors (Lipinski definition) is 8. The van der Waals surface area contributed by atoms with Crippen LogP contribution < -0.4 is 10.4 Å². The van der Waals surface area contributed by atoms with Crippen molar-refractivity contribution in [3.05, 3.63) is 64.3 Å². The number of hydrogen-bond donors (Lipinski definition) is 2. The molecular formula is C19H14N2O6. The number of ether oxygens (including phenoxy) is 1. The van der Waals surface area contributed by atoms with Crippen molar-refractivity contribution in [1.82, 2.24) is 10.2 Å². The minimum atomic E-state index is -0.421. The number of aromatic hydroxyl groups is 2. The topological polar surface area (TPSA) is 119 Å². The lowest BCUT2D eigenvalue weighted by molar-refractivity contribution is 0.264. The molecule has 0 saturated heterocycles. The first-order valence-corrected chi connectivity index (χ1v) is 8.01. The maximum Gasteiger partial charge on any atom is 0.336 e. The molecule has 0 aliphatic rings. The normalized spacial score (nSPS) is 11.0. The fourth-order valence-corrected chi connectivity index (χ4v) is 2.63. The summed E-state index contributed by atoms with van der Waals surface area (Å²) in [5.74, 6) is 0.377. The number of rotatable bonds is 4. The van der Waals surface area contributed by atoms with E-state index in [1.54, 1.807) is 24.3 Å². The van der Waals surface area contributed by atoms with Gasteiger partial charge in [-0.15, -0.1) is 10.2 Å². The molecule has 2 aromatic carbocycles. The lowest BCUT2D eigenvalue weighted by atomic mass is 10.1. The molecule has 136 valence electrons. The lowest BCUT2D eigenvalue weighted by Crippen LogP contribution is -1.99. The van der Waals surface area contributed by atoms with Gasteiger partial charge in [0.2, 0.25) is 5.89 Å². The van der Waals surface area contributed by atoms with Gasteiger partial charge in [0.05, 0.1) is 0 Å². The molecule has 8 nitrogen and oxygen atoms in total. The highest BCUT2D eigenvalue weighted by atomic mass is 16.5. The third-order valence-electron chi connectivity index (χ3n) is 3.97. The van der Waals surface area contributed by atoms with Gasteiger partial charge in [0, 0.05) is 23.1 Å². The first kappa shape index (κ1) is 16.6. The van der Waals surface area contributed by atoms with Crippen LogP contribution in [0.4, 0.5) is 0 Å². The molecule has 0 fully saturated rings. The van der Waals surface area contributed by atoms with Crippen molar-refractivity contribution in [3.8, 4) is 28.7 Å². The average molecular weight is 366 g/mol. The summed E-state index contributed by atoms with van der Waals surface area (Å²) in [6.45, 7) is 1.85. The monoisotopic (exact) mass is 366 g/mol. The van der Waals surface area contributed by atoms with E-state index in [2.05, 4.69) is 10.2 Å². The largest absolute Gasteiger partial charge is 0.504 e. The Kier molecular flexibility index (Phi) is 4.00. The van der Waals surface area contributed by atoms with Gasteiger partial charge in [-0.1, -0.05) is 0 Å². The van der Waals surface area contributed by atoms with E-state index in [1.807, 2.05) is 6.92 Å². The zero-order chi connectivity index (χ0) is 19.0. The van der Waals surface area contributed by atoms with E-state index in [1.165, 1.54) is 18.2 Å². The van der Waals surface area contributed by atoms with Gasteiger partial charge < -0.3 is 23.8 Å². The van der Waals surface area contributed by atoms with Gasteiger partial charge in [-0.2, -0.15) is 0 Å². The second kappa shape index (κ2) is 6.49. The molecule has 4 aromatic rings. The van der Waals surface area contributed by atoms with Crippen molar-refractivity contribution in [2.45, 2.75) is 13.5 Å². The van der Waals surface area contributed by atoms with Crippen LogP contribution in [0, 0.1) is 6.92 Å². The van der Waals surface area contributed by atoms with Crippen molar-refractivity contribution < 1.29 is 23.8 Å². The predicted molar refractivity (Wildman–Crippen MR) is 94.6 cm³/mol. The molecule has 0 radical (unpaired) electrons. The first-order valence-electron chi connectivity index (χ1n) is 8.01. The number of phenolic OH excluding ortho intramolecular Hbond substituents is 2. The van der Waals surface area contributed by atoms with Crippen LogP contribution in [-0.2, 0) is 6.61 Å². The van der Waals surface area contributed by atoms with Crippen LogP contribution in [0.2, 0.25) is 0 Å². The molecule has 0 saturated carbocycles. The Morgan fingerprint density at radius 2 is 1.85 bits per heavy atom. The molecule has 2 heterocycles. The van der Waals surface area contributed by atoms with Gasteiger partial charge >= 0.3 is 5.63 Å². The Hall–Kier alpha value is -3.81. The van der Waals surface area contributed by atoms with Crippen LogP contribution in [0.25, 0.3) is 22.4 Å². The molecule has 0 aliphatic heterocycles. The number of phenols is 2. The highest BCUT2D eigenvalue weighted by Crippen LogP contribution is 2.30. The van der Waals surface area contributed by atoms with Gasteiger partial charge in [-0.3, -0.25) is 0 Å². The summed E-state index contributed by atoms with van der Waals surface area (Å²) in [5, 5.41) is 27.5. The van der Waals surface area contributed by atoms with E-state index in [9.17, 15) is 15.0 Å². The van der Waals surface area contributed by atoms with E-state index >= 15 is 0 Å². The van der Waals surface area contributed by atoms with Crippen molar-refractivity contribution in [2.24, 2.45) is 0 Å². The molecule has 0 spiro atoms. The Morgan fingerprint density at radius 3 is 2.67 bits per heavy atom. The lowest BCUT2D eigenvalue weighted by Gasteiger charge is -2.05. The summed E-state index contributed by atoms with van der Waals surface area (Å²) in [6.07, 6.45) is 0. The van der Waals surface area contributed by atoms with Crippen LogP contribution in [-0.4, -0.2) is 20.4 Å². The second-order valence-corrected chi connectivity index (χ2v) is 5.90. The van der Waals surface area contributed by atoms with Crippen molar-refractivity contribution in [1.29, 1.82) is 0 Å². The zero-order valence-electron chi connectivity index (χ0n) is 14.2. The molecule has 0 amide bonds. The second-order valence-electron chi connectivity index (χ2n) is 5.90. The van der Waals surface area contributed by atoms with Gasteiger partial charge in [0.25, 0.3) is 5.89 Å². The summed E-state index contributed by atoms with van der Waals surface area (Å²) in [7, 11) is 0. The summed E-state index contributed by atoms with van der Waals surface area (Å²) in [5.41, 5.74) is 1.30. The smallest absolute Gasteiger partial charge is 0.336 e. The number of nitrogens with zero attached hydrogens (tertiary/aromatic N) is 2. The van der Waals surface area contributed by atoms with Crippen LogP contribution in [0.5, 0.6) is 17.2 Å². The van der Waals surface area contributed by atoms with Crippen molar-refractivity contribution in [2.75, 3.05) is 0 Å². The Balaban J connectivity index is 1.52. The van der Waals surface area contributed by atoms with Gasteiger partial charge in [-0.05, 0) is 42.8 Å². The molecule has 0 atom stereocenters. The first-order chi connectivity index (χ1) is 13.0. The van der Waals surface area contributed by atoms with Crippen LogP contribution in [0.1, 0.15) is 11.5 Å². The highest BCUT2D eigenvalue weighted by molar-refractivity contribution is 5.81. The van der Waals surface area contributed by atoms with E-state index in [-0.39, 0.29) is 29.9 Å². The van der Waals surface area contributed by atoms with Crippen LogP contribution in [0.3, 0.4) is 0 Å². The number of aromatic nitrogens is 2. The van der Waals surface area contributed by atoms with Gasteiger partial charge in [0.1, 0.15) is 11.3 Å². The number of aryl methyl sites for hydroxylation is 1. The summed E-state index contributed by atoms with van der Waals surface area (Å²) >= 11 is 0. The SMILES string of the molecule is Cc1cc(=O)oc2cc(OCc3nnc(-c4ccc(O)c(O)c4)o3)ccc12. The van der Waals surface area contributed by atoms with Crippen molar-refractivity contribution in [3.63, 3.8) is 0 Å². The number of fused-ring (bicyclic) bond motifs is 1. The van der Waals surface area contributed by atoms with Crippen LogP contribution >= 0.6 is 0 Å².